The Morgan fingerprint density at radius 3 is 2.05 bits per heavy atom. The smallest absolute Gasteiger partial charge is 0.323 e. The van der Waals surface area contributed by atoms with Crippen LogP contribution in [0.25, 0.3) is 10.8 Å². The molecule has 12 heteroatoms. The number of rotatable bonds is 27. The Hall–Kier alpha value is -6.22. The molecule has 3 aromatic carbocycles. The molecule has 0 saturated carbocycles. The van der Waals surface area contributed by atoms with Crippen LogP contribution in [0.2, 0.25) is 0 Å². The zero-order valence-corrected chi connectivity index (χ0v) is 36.9. The molecule has 1 unspecified atom stereocenters. The van der Waals surface area contributed by atoms with Gasteiger partial charge >= 0.3 is 23.9 Å². The number of hydrogen-bond acceptors (Lipinski definition) is 8. The fourth-order valence-electron chi connectivity index (χ4n) is 8.92. The van der Waals surface area contributed by atoms with Crippen molar-refractivity contribution in [2.45, 2.75) is 122 Å². The van der Waals surface area contributed by atoms with Gasteiger partial charge in [-0.25, -0.2) is 0 Å². The van der Waals surface area contributed by atoms with Gasteiger partial charge in [-0.05, 0) is 54.7 Å². The lowest BCUT2D eigenvalue weighted by Gasteiger charge is -2.27. The van der Waals surface area contributed by atoms with Crippen molar-refractivity contribution in [3.8, 4) is 6.07 Å². The van der Waals surface area contributed by atoms with E-state index in [0.29, 0.717) is 35.9 Å². The van der Waals surface area contributed by atoms with Crippen LogP contribution in [0, 0.1) is 11.3 Å². The van der Waals surface area contributed by atoms with Crippen molar-refractivity contribution < 1.29 is 43.8 Å². The van der Waals surface area contributed by atoms with Gasteiger partial charge in [-0.15, -0.1) is 0 Å². The number of carbonyl (C=O) groups is 4. The third-order valence-electron chi connectivity index (χ3n) is 12.0. The summed E-state index contributed by atoms with van der Waals surface area (Å²) in [4.78, 5) is 53.3. The summed E-state index contributed by atoms with van der Waals surface area (Å²) in [6.45, 7) is 4.35. The molecule has 0 spiro atoms. The third-order valence-corrected chi connectivity index (χ3v) is 12.0. The first-order chi connectivity index (χ1) is 30.5. The van der Waals surface area contributed by atoms with E-state index in [4.69, 9.17) is 4.74 Å². The van der Waals surface area contributed by atoms with Gasteiger partial charge in [-0.1, -0.05) is 127 Å². The molecular weight excluding hydrogens is 797 g/mol. The van der Waals surface area contributed by atoms with Crippen molar-refractivity contribution in [2.24, 2.45) is 0 Å². The lowest BCUT2D eigenvalue weighted by atomic mass is 9.70. The van der Waals surface area contributed by atoms with E-state index < -0.39 is 29.9 Å². The first-order valence-electron chi connectivity index (χ1n) is 22.7. The second-order valence-corrected chi connectivity index (χ2v) is 16.5. The monoisotopic (exact) mass is 859 g/mol. The standard InChI is InChI=1S/C51H62N4O8/c1-3-5-7-8-9-10-11-12-13-18-31-51(35-49(62)63-34-6-4-2)41-26-25-39-19-14-15-20-40(39)50(41)54(33-30-47(58)59)44(51)27-23-38(36-52)24-28-45-53(32-29-46(56)57)42-21-16-17-22-43(42)55(45)37-48(60)61/h14-17,19-28H,3-13,18,29-35,37H2,1-2H3,(H2-,56,57,58,59,60,61)/p+1. The normalized spacial score (nSPS) is 16.5. The number of carboxylic acid groups (broad SMARTS) is 3. The summed E-state index contributed by atoms with van der Waals surface area (Å²) in [5, 5.41) is 41.9. The Bertz CT molecular complexity index is 2270. The van der Waals surface area contributed by atoms with Gasteiger partial charge < -0.3 is 29.9 Å². The number of carbonyl (C=O) groups excluding carboxylic acids is 1. The molecule has 3 aromatic rings. The first-order valence-corrected chi connectivity index (χ1v) is 22.7. The molecule has 0 aliphatic carbocycles. The van der Waals surface area contributed by atoms with Crippen LogP contribution in [0.4, 0.5) is 17.1 Å². The second-order valence-electron chi connectivity index (χ2n) is 16.5. The maximum Gasteiger partial charge on any atom is 0.323 e. The number of carboxylic acids is 3. The van der Waals surface area contributed by atoms with Gasteiger partial charge in [0, 0.05) is 18.2 Å². The summed E-state index contributed by atoms with van der Waals surface area (Å²) in [6.07, 6.45) is 19.9. The van der Waals surface area contributed by atoms with Crippen LogP contribution in [-0.4, -0.2) is 75.7 Å². The van der Waals surface area contributed by atoms with Crippen molar-refractivity contribution in [2.75, 3.05) is 36.0 Å². The SMILES string of the molecule is CCCCCCCCCCCCC1(CC(=O)OCCCC)C(/C=C/C(C#N)=C/C=C2/N(CCC(=O)O)c3ccccc3N2CC(=O)O)=[N+](CCC(=O)O)c2c1ccc1ccccc21. The van der Waals surface area contributed by atoms with Gasteiger partial charge in [0.05, 0.1) is 53.3 Å². The molecule has 0 radical (unpaired) electrons. The molecule has 1 atom stereocenters. The number of aliphatic carboxylic acids is 3. The van der Waals surface area contributed by atoms with Crippen LogP contribution in [0.3, 0.4) is 0 Å². The number of nitriles is 1. The van der Waals surface area contributed by atoms with Crippen molar-refractivity contribution >= 4 is 57.4 Å². The van der Waals surface area contributed by atoms with Crippen LogP contribution >= 0.6 is 0 Å². The van der Waals surface area contributed by atoms with E-state index in [-0.39, 0.29) is 43.9 Å². The van der Waals surface area contributed by atoms with E-state index in [1.54, 1.807) is 52.3 Å². The average Bonchev–Trinajstić information content (AvgIpc) is 3.70. The minimum Gasteiger partial charge on any atom is -0.481 e. The summed E-state index contributed by atoms with van der Waals surface area (Å²) < 4.78 is 7.87. The summed E-state index contributed by atoms with van der Waals surface area (Å²) in [5.74, 6) is -3.00. The van der Waals surface area contributed by atoms with Gasteiger partial charge in [0.25, 0.3) is 0 Å². The van der Waals surface area contributed by atoms with Gasteiger partial charge in [-0.3, -0.25) is 19.2 Å². The molecule has 334 valence electrons. The molecule has 2 aliphatic heterocycles. The highest BCUT2D eigenvalue weighted by Crippen LogP contribution is 2.49. The van der Waals surface area contributed by atoms with Crippen LogP contribution in [-0.2, 0) is 29.3 Å². The molecule has 2 heterocycles. The van der Waals surface area contributed by atoms with Crippen molar-refractivity contribution in [1.29, 1.82) is 5.26 Å². The topological polar surface area (TPSA) is 171 Å². The number of anilines is 2. The lowest BCUT2D eigenvalue weighted by molar-refractivity contribution is -0.435. The summed E-state index contributed by atoms with van der Waals surface area (Å²) in [5.41, 5.74) is 3.01. The Morgan fingerprint density at radius 2 is 1.40 bits per heavy atom. The fourth-order valence-corrected chi connectivity index (χ4v) is 8.92. The molecule has 2 aliphatic rings. The third kappa shape index (κ3) is 12.5. The van der Waals surface area contributed by atoms with Crippen LogP contribution in [0.5, 0.6) is 0 Å². The zero-order chi connectivity index (χ0) is 45.2. The van der Waals surface area contributed by atoms with Crippen molar-refractivity contribution in [3.63, 3.8) is 0 Å². The Kier molecular flexibility index (Phi) is 18.1. The average molecular weight is 860 g/mol. The number of nitrogens with zero attached hydrogens (tertiary/aromatic N) is 4. The van der Waals surface area contributed by atoms with Crippen LogP contribution in [0.15, 0.2) is 96.4 Å². The van der Waals surface area contributed by atoms with E-state index >= 15 is 0 Å². The van der Waals surface area contributed by atoms with Crippen LogP contribution in [0.1, 0.15) is 122 Å². The highest BCUT2D eigenvalue weighted by Gasteiger charge is 2.53. The van der Waals surface area contributed by atoms with Crippen molar-refractivity contribution in [3.05, 3.63) is 102 Å². The molecule has 5 rings (SSSR count). The quantitative estimate of drug-likeness (QED) is 0.0219. The van der Waals surface area contributed by atoms with E-state index in [1.165, 1.54) is 38.5 Å². The second kappa shape index (κ2) is 23.8. The molecule has 3 N–H and O–H groups in total. The van der Waals surface area contributed by atoms with E-state index in [1.807, 2.05) is 41.8 Å². The molecule has 0 fully saturated rings. The maximum absolute atomic E-state index is 14.0. The number of benzene rings is 3. The lowest BCUT2D eigenvalue weighted by Crippen LogP contribution is -2.38. The Labute approximate surface area is 371 Å². The number of para-hydroxylation sites is 2. The minimum absolute atomic E-state index is 0.0271. The molecule has 12 nitrogen and oxygen atoms in total. The van der Waals surface area contributed by atoms with E-state index in [9.17, 15) is 39.8 Å². The minimum atomic E-state index is -1.08. The van der Waals surface area contributed by atoms with E-state index in [0.717, 1.165) is 60.5 Å². The summed E-state index contributed by atoms with van der Waals surface area (Å²) in [6, 6.07) is 21.5. The number of ether oxygens (including phenoxy) is 1. The highest BCUT2D eigenvalue weighted by molar-refractivity contribution is 6.09. The predicted octanol–water partition coefficient (Wildman–Crippen LogP) is 10.4. The Balaban J connectivity index is 1.61. The number of unbranched alkanes of at least 4 members (excludes halogenated alkanes) is 10. The van der Waals surface area contributed by atoms with Gasteiger partial charge in [-0.2, -0.15) is 9.84 Å². The van der Waals surface area contributed by atoms with Gasteiger partial charge in [0.15, 0.2) is 12.3 Å². The number of allylic oxidation sites excluding steroid dienone is 5. The highest BCUT2D eigenvalue weighted by atomic mass is 16.5. The number of esters is 1. The zero-order valence-electron chi connectivity index (χ0n) is 36.9. The van der Waals surface area contributed by atoms with Gasteiger partial charge in [0.2, 0.25) is 5.69 Å². The summed E-state index contributed by atoms with van der Waals surface area (Å²) >= 11 is 0. The largest absolute Gasteiger partial charge is 0.481 e. The predicted molar refractivity (Wildman–Crippen MR) is 247 cm³/mol. The molecular formula is C51H63N4O8+. The number of hydrogen-bond donors (Lipinski definition) is 3. The fraction of sp³-hybridized carbons (Fsp3) is 0.451. The molecule has 63 heavy (non-hydrogen) atoms. The van der Waals surface area contributed by atoms with Gasteiger partial charge in [0.1, 0.15) is 18.8 Å². The molecule has 0 saturated heterocycles. The van der Waals surface area contributed by atoms with Crippen LogP contribution < -0.4 is 9.80 Å². The summed E-state index contributed by atoms with van der Waals surface area (Å²) in [7, 11) is 0. The van der Waals surface area contributed by atoms with E-state index in [2.05, 4.69) is 25.1 Å². The molecule has 0 amide bonds. The number of fused-ring (bicyclic) bond motifs is 4. The molecule has 0 aromatic heterocycles. The van der Waals surface area contributed by atoms with Crippen molar-refractivity contribution in [1.82, 2.24) is 0 Å². The molecule has 0 bridgehead atoms. The maximum atomic E-state index is 14.0. The Morgan fingerprint density at radius 1 is 0.762 bits per heavy atom. The first kappa shape index (κ1) is 47.8.